The van der Waals surface area contributed by atoms with Crippen molar-refractivity contribution in [3.63, 3.8) is 0 Å². The fourth-order valence-electron chi connectivity index (χ4n) is 3.38. The van der Waals surface area contributed by atoms with E-state index in [4.69, 9.17) is 0 Å². The van der Waals surface area contributed by atoms with Gasteiger partial charge < -0.3 is 5.32 Å². The van der Waals surface area contributed by atoms with Gasteiger partial charge in [0.15, 0.2) is 0 Å². The van der Waals surface area contributed by atoms with Gasteiger partial charge in [0.2, 0.25) is 10.0 Å². The number of thiazole rings is 1. The summed E-state index contributed by atoms with van der Waals surface area (Å²) in [7, 11) is -3.56. The van der Waals surface area contributed by atoms with Gasteiger partial charge in [0.1, 0.15) is 9.88 Å². The fourth-order valence-corrected chi connectivity index (χ4v) is 5.88. The molecule has 9 heteroatoms. The van der Waals surface area contributed by atoms with Gasteiger partial charge in [-0.2, -0.15) is 4.31 Å². The number of piperidine rings is 1. The summed E-state index contributed by atoms with van der Waals surface area (Å²) in [6.45, 7) is 2.85. The van der Waals surface area contributed by atoms with E-state index >= 15 is 0 Å². The average molecular weight is 443 g/mol. The molecule has 1 aliphatic heterocycles. The Morgan fingerprint density at radius 2 is 1.90 bits per heavy atom. The number of hydrogen-bond acceptors (Lipinski definition) is 6. The zero-order valence-electron chi connectivity index (χ0n) is 16.5. The van der Waals surface area contributed by atoms with Crippen LogP contribution >= 0.6 is 11.3 Å². The van der Waals surface area contributed by atoms with Crippen LogP contribution in [0.5, 0.6) is 0 Å². The molecule has 0 aliphatic carbocycles. The normalized spacial score (nSPS) is 15.1. The summed E-state index contributed by atoms with van der Waals surface area (Å²) in [4.78, 5) is 22.2. The Kier molecular flexibility index (Phi) is 5.94. The lowest BCUT2D eigenvalue weighted by Gasteiger charge is -2.26. The molecule has 3 heterocycles. The van der Waals surface area contributed by atoms with Crippen molar-refractivity contribution in [2.24, 2.45) is 0 Å². The molecule has 7 nitrogen and oxygen atoms in total. The van der Waals surface area contributed by atoms with Crippen LogP contribution in [-0.4, -0.2) is 41.7 Å². The van der Waals surface area contributed by atoms with Crippen molar-refractivity contribution >= 4 is 33.0 Å². The molecule has 0 bridgehead atoms. The minimum Gasteiger partial charge on any atom is -0.321 e. The molecule has 0 saturated carbocycles. The number of hydrogen-bond donors (Lipinski definition) is 1. The first kappa shape index (κ1) is 20.6. The number of aryl methyl sites for hydroxylation is 1. The van der Waals surface area contributed by atoms with E-state index in [0.29, 0.717) is 40.0 Å². The standard InChI is InChI=1S/C21H22N4O3S2/c1-15-19(29-21(23-15)18-10-3-4-11-22-18)20(26)24-16-8-7-9-17(14-16)30(27,28)25-12-5-2-6-13-25/h3-4,7-11,14H,2,5-6,12-13H2,1H3,(H,24,26). The largest absolute Gasteiger partial charge is 0.321 e. The Morgan fingerprint density at radius 1 is 1.10 bits per heavy atom. The van der Waals surface area contributed by atoms with Gasteiger partial charge in [0, 0.05) is 25.0 Å². The molecule has 0 atom stereocenters. The molecule has 0 spiro atoms. The number of nitrogens with one attached hydrogen (secondary N) is 1. The van der Waals surface area contributed by atoms with E-state index in [9.17, 15) is 13.2 Å². The highest BCUT2D eigenvalue weighted by Gasteiger charge is 2.26. The van der Waals surface area contributed by atoms with Crippen LogP contribution in [0.4, 0.5) is 5.69 Å². The van der Waals surface area contributed by atoms with Crippen LogP contribution in [0.25, 0.3) is 10.7 Å². The molecule has 3 aromatic rings. The Bertz CT molecular complexity index is 1150. The van der Waals surface area contributed by atoms with E-state index < -0.39 is 10.0 Å². The Hall–Kier alpha value is -2.62. The van der Waals surface area contributed by atoms with Gasteiger partial charge in [-0.15, -0.1) is 11.3 Å². The minimum absolute atomic E-state index is 0.192. The van der Waals surface area contributed by atoms with Gasteiger partial charge in [0.25, 0.3) is 5.91 Å². The molecule has 0 radical (unpaired) electrons. The van der Waals surface area contributed by atoms with Gasteiger partial charge in [-0.05, 0) is 50.1 Å². The second kappa shape index (κ2) is 8.63. The van der Waals surface area contributed by atoms with Crippen molar-refractivity contribution in [1.82, 2.24) is 14.3 Å². The average Bonchev–Trinajstić information content (AvgIpc) is 3.17. The number of aromatic nitrogens is 2. The lowest BCUT2D eigenvalue weighted by Crippen LogP contribution is -2.35. The number of nitrogens with zero attached hydrogens (tertiary/aromatic N) is 3. The van der Waals surface area contributed by atoms with Crippen molar-refractivity contribution in [1.29, 1.82) is 0 Å². The van der Waals surface area contributed by atoms with Crippen LogP contribution in [0.2, 0.25) is 0 Å². The van der Waals surface area contributed by atoms with E-state index in [1.54, 1.807) is 31.3 Å². The summed E-state index contributed by atoms with van der Waals surface area (Å²) in [5, 5.41) is 3.47. The molecule has 1 aromatic carbocycles. The zero-order chi connectivity index (χ0) is 21.1. The molecule has 4 rings (SSSR count). The van der Waals surface area contributed by atoms with Gasteiger partial charge in [-0.3, -0.25) is 9.78 Å². The number of pyridine rings is 1. The second-order valence-electron chi connectivity index (χ2n) is 7.10. The monoisotopic (exact) mass is 442 g/mol. The number of anilines is 1. The highest BCUT2D eigenvalue weighted by molar-refractivity contribution is 7.89. The molecule has 1 aliphatic rings. The Balaban J connectivity index is 1.55. The molecule has 1 fully saturated rings. The summed E-state index contributed by atoms with van der Waals surface area (Å²) in [5.41, 5.74) is 1.75. The predicted molar refractivity (Wildman–Crippen MR) is 117 cm³/mol. The maximum absolute atomic E-state index is 12.9. The van der Waals surface area contributed by atoms with Gasteiger partial charge in [-0.1, -0.05) is 18.6 Å². The van der Waals surface area contributed by atoms with E-state index in [1.807, 2.05) is 18.2 Å². The van der Waals surface area contributed by atoms with Gasteiger partial charge >= 0.3 is 0 Å². The number of amides is 1. The van der Waals surface area contributed by atoms with Gasteiger partial charge in [0.05, 0.1) is 16.3 Å². The lowest BCUT2D eigenvalue weighted by atomic mass is 10.2. The number of sulfonamides is 1. The van der Waals surface area contributed by atoms with E-state index in [-0.39, 0.29) is 10.8 Å². The molecule has 1 saturated heterocycles. The van der Waals surface area contributed by atoms with E-state index in [1.165, 1.54) is 21.7 Å². The highest BCUT2D eigenvalue weighted by atomic mass is 32.2. The van der Waals surface area contributed by atoms with Crippen molar-refractivity contribution in [2.45, 2.75) is 31.1 Å². The van der Waals surface area contributed by atoms with Crippen LogP contribution in [-0.2, 0) is 10.0 Å². The van der Waals surface area contributed by atoms with Crippen LogP contribution in [0, 0.1) is 6.92 Å². The first-order chi connectivity index (χ1) is 14.4. The third-order valence-corrected chi connectivity index (χ3v) is 8.00. The zero-order valence-corrected chi connectivity index (χ0v) is 18.2. The quantitative estimate of drug-likeness (QED) is 0.646. The van der Waals surface area contributed by atoms with Crippen molar-refractivity contribution in [3.05, 3.63) is 59.2 Å². The predicted octanol–water partition coefficient (Wildman–Crippen LogP) is 3.94. The van der Waals surface area contributed by atoms with Crippen LogP contribution < -0.4 is 5.32 Å². The molecule has 30 heavy (non-hydrogen) atoms. The van der Waals surface area contributed by atoms with Gasteiger partial charge in [-0.25, -0.2) is 13.4 Å². The number of carbonyl (C=O) groups is 1. The molecular weight excluding hydrogens is 420 g/mol. The Labute approximate surface area is 179 Å². The highest BCUT2D eigenvalue weighted by Crippen LogP contribution is 2.28. The van der Waals surface area contributed by atoms with Crippen molar-refractivity contribution in [2.75, 3.05) is 18.4 Å². The number of benzene rings is 1. The van der Waals surface area contributed by atoms with E-state index in [2.05, 4.69) is 15.3 Å². The molecule has 2 aromatic heterocycles. The van der Waals surface area contributed by atoms with Crippen molar-refractivity contribution < 1.29 is 13.2 Å². The van der Waals surface area contributed by atoms with Crippen LogP contribution in [0.15, 0.2) is 53.6 Å². The maximum Gasteiger partial charge on any atom is 0.267 e. The SMILES string of the molecule is Cc1nc(-c2ccccn2)sc1C(=O)Nc1cccc(S(=O)(=O)N2CCCCC2)c1. The van der Waals surface area contributed by atoms with E-state index in [0.717, 1.165) is 19.3 Å². The third-order valence-electron chi connectivity index (χ3n) is 4.93. The topological polar surface area (TPSA) is 92.3 Å². The fraction of sp³-hybridized carbons (Fsp3) is 0.286. The molecule has 0 unspecified atom stereocenters. The number of carbonyl (C=O) groups excluding carboxylic acids is 1. The molecule has 1 amide bonds. The smallest absolute Gasteiger partial charge is 0.267 e. The first-order valence-corrected chi connectivity index (χ1v) is 12.0. The lowest BCUT2D eigenvalue weighted by molar-refractivity contribution is 0.102. The van der Waals surface area contributed by atoms with Crippen LogP contribution in [0.1, 0.15) is 34.6 Å². The Morgan fingerprint density at radius 3 is 2.63 bits per heavy atom. The molecule has 156 valence electrons. The second-order valence-corrected chi connectivity index (χ2v) is 10.0. The summed E-state index contributed by atoms with van der Waals surface area (Å²) < 4.78 is 27.3. The van der Waals surface area contributed by atoms with Crippen LogP contribution in [0.3, 0.4) is 0 Å². The molecular formula is C21H22N4O3S2. The first-order valence-electron chi connectivity index (χ1n) is 9.75. The summed E-state index contributed by atoms with van der Waals surface area (Å²) in [6.07, 6.45) is 4.48. The number of rotatable bonds is 5. The summed E-state index contributed by atoms with van der Waals surface area (Å²) in [5.74, 6) is -0.320. The summed E-state index contributed by atoms with van der Waals surface area (Å²) in [6, 6.07) is 11.9. The summed E-state index contributed by atoms with van der Waals surface area (Å²) >= 11 is 1.26. The van der Waals surface area contributed by atoms with Crippen molar-refractivity contribution in [3.8, 4) is 10.7 Å². The minimum atomic E-state index is -3.56. The maximum atomic E-state index is 12.9. The third kappa shape index (κ3) is 4.28. The molecule has 1 N–H and O–H groups in total.